The summed E-state index contributed by atoms with van der Waals surface area (Å²) in [5.41, 5.74) is 4.17. The van der Waals surface area contributed by atoms with E-state index in [2.05, 4.69) is 24.4 Å². The maximum absolute atomic E-state index is 6.00. The van der Waals surface area contributed by atoms with E-state index in [1.807, 2.05) is 12.1 Å². The highest BCUT2D eigenvalue weighted by molar-refractivity contribution is 6.30. The molecule has 1 heterocycles. The number of benzene rings is 1. The van der Waals surface area contributed by atoms with Crippen LogP contribution in [0.1, 0.15) is 31.7 Å². The molecular formula is C13H14ClN. The van der Waals surface area contributed by atoms with Gasteiger partial charge in [0.05, 0.1) is 5.54 Å². The smallest absolute Gasteiger partial charge is 0.0560 e. The zero-order valence-electron chi connectivity index (χ0n) is 8.81. The van der Waals surface area contributed by atoms with Crippen LogP contribution < -0.4 is 5.32 Å². The summed E-state index contributed by atoms with van der Waals surface area (Å²) in [6.45, 7) is 2.30. The molecule has 0 radical (unpaired) electrons. The molecule has 1 unspecified atom stereocenters. The average molecular weight is 220 g/mol. The third-order valence-electron chi connectivity index (χ3n) is 3.59. The van der Waals surface area contributed by atoms with Crippen LogP contribution in [0.5, 0.6) is 0 Å². The molecule has 3 rings (SSSR count). The molecule has 1 saturated carbocycles. The van der Waals surface area contributed by atoms with Crippen molar-refractivity contribution in [2.75, 3.05) is 5.32 Å². The Balaban J connectivity index is 2.13. The lowest BCUT2D eigenvalue weighted by molar-refractivity contribution is 0.611. The Hall–Kier alpha value is -0.950. The molecule has 0 spiro atoms. The Morgan fingerprint density at radius 3 is 3.13 bits per heavy atom. The van der Waals surface area contributed by atoms with E-state index in [1.165, 1.54) is 36.1 Å². The fourth-order valence-electron chi connectivity index (χ4n) is 2.69. The molecule has 2 aliphatic rings. The van der Waals surface area contributed by atoms with E-state index in [4.69, 9.17) is 11.6 Å². The maximum atomic E-state index is 6.00. The topological polar surface area (TPSA) is 12.0 Å². The lowest BCUT2D eigenvalue weighted by Gasteiger charge is -2.33. The first kappa shape index (κ1) is 9.29. The number of anilines is 1. The van der Waals surface area contributed by atoms with Crippen molar-refractivity contribution in [3.63, 3.8) is 0 Å². The molecule has 1 N–H and O–H groups in total. The van der Waals surface area contributed by atoms with Gasteiger partial charge in [-0.2, -0.15) is 0 Å². The highest BCUT2D eigenvalue weighted by atomic mass is 35.5. The van der Waals surface area contributed by atoms with Gasteiger partial charge in [-0.25, -0.2) is 0 Å². The van der Waals surface area contributed by atoms with E-state index < -0.39 is 0 Å². The van der Waals surface area contributed by atoms with E-state index in [9.17, 15) is 0 Å². The molecular weight excluding hydrogens is 206 g/mol. The van der Waals surface area contributed by atoms with Gasteiger partial charge in [0.2, 0.25) is 0 Å². The van der Waals surface area contributed by atoms with Crippen molar-refractivity contribution in [3.05, 3.63) is 34.4 Å². The second-order valence-electron chi connectivity index (χ2n) is 4.71. The predicted molar refractivity (Wildman–Crippen MR) is 65.3 cm³/mol. The molecule has 1 aromatic rings. The van der Waals surface area contributed by atoms with E-state index in [0.717, 1.165) is 5.02 Å². The van der Waals surface area contributed by atoms with Crippen molar-refractivity contribution < 1.29 is 0 Å². The summed E-state index contributed by atoms with van der Waals surface area (Å²) in [6, 6.07) is 6.06. The fraction of sp³-hybridized carbons (Fsp3) is 0.385. The summed E-state index contributed by atoms with van der Waals surface area (Å²) in [6.07, 6.45) is 6.05. The second kappa shape index (κ2) is 3.02. The van der Waals surface area contributed by atoms with Crippen molar-refractivity contribution in [1.29, 1.82) is 0 Å². The SMILES string of the molecule is CC12CCCC1=Cc1cc(Cl)ccc1N2. The first-order valence-corrected chi connectivity index (χ1v) is 5.84. The van der Waals surface area contributed by atoms with E-state index in [-0.39, 0.29) is 5.54 Å². The fourth-order valence-corrected chi connectivity index (χ4v) is 2.88. The van der Waals surface area contributed by atoms with Gasteiger partial charge in [-0.3, -0.25) is 0 Å². The highest BCUT2D eigenvalue weighted by Gasteiger charge is 2.36. The number of rotatable bonds is 0. The molecule has 1 fully saturated rings. The van der Waals surface area contributed by atoms with Crippen molar-refractivity contribution in [3.8, 4) is 0 Å². The van der Waals surface area contributed by atoms with Crippen LogP contribution in [0.25, 0.3) is 6.08 Å². The van der Waals surface area contributed by atoms with Crippen LogP contribution in [0, 0.1) is 0 Å². The standard InChI is InChI=1S/C13H14ClN/c1-13-6-2-3-10(13)7-9-8-11(14)4-5-12(9)15-13/h4-5,7-8,15H,2-3,6H2,1H3. The van der Waals surface area contributed by atoms with Gasteiger partial charge >= 0.3 is 0 Å². The molecule has 78 valence electrons. The summed E-state index contributed by atoms with van der Waals surface area (Å²) in [4.78, 5) is 0. The molecule has 15 heavy (non-hydrogen) atoms. The van der Waals surface area contributed by atoms with Gasteiger partial charge in [-0.15, -0.1) is 0 Å². The zero-order valence-corrected chi connectivity index (χ0v) is 9.56. The predicted octanol–water partition coefficient (Wildman–Crippen LogP) is 4.09. The summed E-state index contributed by atoms with van der Waals surface area (Å²) in [5.74, 6) is 0. The quantitative estimate of drug-likeness (QED) is 0.693. The monoisotopic (exact) mass is 219 g/mol. The Morgan fingerprint density at radius 2 is 2.27 bits per heavy atom. The average Bonchev–Trinajstić information content (AvgIpc) is 2.55. The highest BCUT2D eigenvalue weighted by Crippen LogP contribution is 2.43. The summed E-state index contributed by atoms with van der Waals surface area (Å²) < 4.78 is 0. The number of fused-ring (bicyclic) bond motifs is 2. The van der Waals surface area contributed by atoms with Crippen molar-refractivity contribution in [1.82, 2.24) is 0 Å². The Kier molecular flexibility index (Phi) is 1.87. The number of hydrogen-bond donors (Lipinski definition) is 1. The molecule has 0 aromatic heterocycles. The summed E-state index contributed by atoms with van der Waals surface area (Å²) in [5, 5.41) is 4.45. The van der Waals surface area contributed by atoms with Crippen LogP contribution in [0.2, 0.25) is 5.02 Å². The summed E-state index contributed by atoms with van der Waals surface area (Å²) >= 11 is 6.00. The zero-order chi connectivity index (χ0) is 10.5. The number of halogens is 1. The third-order valence-corrected chi connectivity index (χ3v) is 3.82. The Bertz CT molecular complexity index is 450. The van der Waals surface area contributed by atoms with Gasteiger partial charge in [-0.1, -0.05) is 17.7 Å². The van der Waals surface area contributed by atoms with Gasteiger partial charge < -0.3 is 5.32 Å². The minimum atomic E-state index is 0.195. The molecule has 1 nitrogen and oxygen atoms in total. The first-order valence-electron chi connectivity index (χ1n) is 5.46. The normalized spacial score (nSPS) is 27.7. The van der Waals surface area contributed by atoms with E-state index in [0.29, 0.717) is 0 Å². The van der Waals surface area contributed by atoms with Gasteiger partial charge in [0.1, 0.15) is 0 Å². The van der Waals surface area contributed by atoms with E-state index >= 15 is 0 Å². The van der Waals surface area contributed by atoms with Gasteiger partial charge in [0.15, 0.2) is 0 Å². The first-order chi connectivity index (χ1) is 7.17. The van der Waals surface area contributed by atoms with Gasteiger partial charge in [-0.05, 0) is 55.5 Å². The number of hydrogen-bond acceptors (Lipinski definition) is 1. The Labute approximate surface area is 95.1 Å². The summed E-state index contributed by atoms with van der Waals surface area (Å²) in [7, 11) is 0. The minimum absolute atomic E-state index is 0.195. The molecule has 0 amide bonds. The van der Waals surface area contributed by atoms with Gasteiger partial charge in [0.25, 0.3) is 0 Å². The van der Waals surface area contributed by atoms with Crippen LogP contribution in [0.15, 0.2) is 23.8 Å². The minimum Gasteiger partial charge on any atom is -0.376 e. The number of nitrogens with one attached hydrogen (secondary N) is 1. The van der Waals surface area contributed by atoms with Crippen LogP contribution >= 0.6 is 11.6 Å². The lowest BCUT2D eigenvalue weighted by Crippen LogP contribution is -2.35. The molecule has 1 aliphatic heterocycles. The Morgan fingerprint density at radius 1 is 1.40 bits per heavy atom. The van der Waals surface area contributed by atoms with Crippen LogP contribution in [0.4, 0.5) is 5.69 Å². The van der Waals surface area contributed by atoms with Crippen LogP contribution in [0.3, 0.4) is 0 Å². The van der Waals surface area contributed by atoms with Crippen LogP contribution in [-0.2, 0) is 0 Å². The van der Waals surface area contributed by atoms with Crippen molar-refractivity contribution in [2.24, 2.45) is 0 Å². The lowest BCUT2D eigenvalue weighted by atomic mass is 9.89. The van der Waals surface area contributed by atoms with E-state index in [1.54, 1.807) is 0 Å². The van der Waals surface area contributed by atoms with Crippen molar-refractivity contribution in [2.45, 2.75) is 31.7 Å². The second-order valence-corrected chi connectivity index (χ2v) is 5.15. The maximum Gasteiger partial charge on any atom is 0.0560 e. The molecule has 1 aliphatic carbocycles. The molecule has 0 saturated heterocycles. The molecule has 2 heteroatoms. The largest absolute Gasteiger partial charge is 0.376 e. The van der Waals surface area contributed by atoms with Gasteiger partial charge in [0, 0.05) is 10.7 Å². The molecule has 1 atom stereocenters. The third kappa shape index (κ3) is 1.37. The van der Waals surface area contributed by atoms with Crippen molar-refractivity contribution >= 4 is 23.4 Å². The molecule has 0 bridgehead atoms. The molecule has 1 aromatic carbocycles. The van der Waals surface area contributed by atoms with Crippen LogP contribution in [-0.4, -0.2) is 5.54 Å².